The van der Waals surface area contributed by atoms with E-state index < -0.39 is 0 Å². The Bertz CT molecular complexity index is 72.6. The molecule has 0 spiro atoms. The third-order valence-electron chi connectivity index (χ3n) is 2.58. The number of nitrogens with one attached hydrogen (secondary N) is 1. The van der Waals surface area contributed by atoms with Crippen LogP contribution in [0.25, 0.3) is 0 Å². The predicted octanol–water partition coefficient (Wildman–Crippen LogP) is 2.03. The van der Waals surface area contributed by atoms with Gasteiger partial charge in [0.05, 0.1) is 0 Å². The summed E-state index contributed by atoms with van der Waals surface area (Å²) in [4.78, 5) is 0. The Morgan fingerprint density at radius 2 is 1.89 bits per heavy atom. The van der Waals surface area contributed by atoms with Crippen LogP contribution < -0.4 is 5.32 Å². The van der Waals surface area contributed by atoms with Crippen molar-refractivity contribution in [3.8, 4) is 0 Å². The molecule has 0 heterocycles. The molecule has 0 aliphatic rings. The molecule has 1 heteroatoms. The third-order valence-corrected chi connectivity index (χ3v) is 2.58. The highest BCUT2D eigenvalue weighted by molar-refractivity contribution is 4.82. The van der Waals surface area contributed by atoms with E-state index in [1.54, 1.807) is 0 Å². The lowest BCUT2D eigenvalue weighted by Gasteiger charge is -2.32. The summed E-state index contributed by atoms with van der Waals surface area (Å²) in [5, 5.41) is 3.33. The maximum absolute atomic E-state index is 3.33. The van der Waals surface area contributed by atoms with Crippen molar-refractivity contribution in [1.82, 2.24) is 5.32 Å². The molecule has 0 radical (unpaired) electrons. The Kier molecular flexibility index (Phi) is 3.20. The van der Waals surface area contributed by atoms with Crippen molar-refractivity contribution in [2.24, 2.45) is 5.92 Å². The van der Waals surface area contributed by atoms with Crippen LogP contribution in [0.2, 0.25) is 0 Å². The van der Waals surface area contributed by atoms with Gasteiger partial charge in [0.15, 0.2) is 0 Å². The van der Waals surface area contributed by atoms with E-state index in [0.717, 1.165) is 0 Å². The zero-order valence-electron chi connectivity index (χ0n) is 7.28. The average molecular weight is 129 g/mol. The van der Waals surface area contributed by atoms with Crippen LogP contribution in [0.1, 0.15) is 34.1 Å². The molecule has 0 aromatic heterocycles. The van der Waals surface area contributed by atoms with E-state index >= 15 is 0 Å². The van der Waals surface area contributed by atoms with Crippen molar-refractivity contribution in [2.45, 2.75) is 39.7 Å². The van der Waals surface area contributed by atoms with Gasteiger partial charge in [-0.25, -0.2) is 0 Å². The molecule has 0 amide bonds. The lowest BCUT2D eigenvalue weighted by atomic mass is 9.86. The predicted molar refractivity (Wildman–Crippen MR) is 42.6 cm³/mol. The minimum atomic E-state index is 0.333. The van der Waals surface area contributed by atoms with Gasteiger partial charge in [0.25, 0.3) is 0 Å². The standard InChI is InChI=1S/C8H19N/c1-6-8(4,9-5)7(2)3/h7,9H,6H2,1-5H3/t8-/m1/s1. The summed E-state index contributed by atoms with van der Waals surface area (Å²) in [5.41, 5.74) is 0.333. The van der Waals surface area contributed by atoms with Crippen molar-refractivity contribution < 1.29 is 0 Å². The Morgan fingerprint density at radius 1 is 1.44 bits per heavy atom. The number of rotatable bonds is 3. The van der Waals surface area contributed by atoms with E-state index in [1.165, 1.54) is 6.42 Å². The second-order valence-corrected chi connectivity index (χ2v) is 3.18. The monoisotopic (exact) mass is 129 g/mol. The molecular formula is C8H19N. The first-order chi connectivity index (χ1) is 4.06. The summed E-state index contributed by atoms with van der Waals surface area (Å²) in [6.45, 7) is 8.98. The zero-order valence-corrected chi connectivity index (χ0v) is 7.28. The topological polar surface area (TPSA) is 12.0 Å². The zero-order chi connectivity index (χ0) is 7.49. The summed E-state index contributed by atoms with van der Waals surface area (Å²) >= 11 is 0. The Balaban J connectivity index is 3.92. The molecule has 0 aromatic carbocycles. The fourth-order valence-corrected chi connectivity index (χ4v) is 0.874. The van der Waals surface area contributed by atoms with Crippen LogP contribution in [0.4, 0.5) is 0 Å². The molecule has 56 valence electrons. The molecule has 1 nitrogen and oxygen atoms in total. The molecule has 1 N–H and O–H groups in total. The van der Waals surface area contributed by atoms with Gasteiger partial charge >= 0.3 is 0 Å². The van der Waals surface area contributed by atoms with E-state index in [1.807, 2.05) is 7.05 Å². The van der Waals surface area contributed by atoms with Crippen molar-refractivity contribution in [2.75, 3.05) is 7.05 Å². The molecule has 0 saturated heterocycles. The molecular weight excluding hydrogens is 110 g/mol. The summed E-state index contributed by atoms with van der Waals surface area (Å²) in [5.74, 6) is 0.715. The SMILES string of the molecule is CC[C@@](C)(NC)C(C)C. The highest BCUT2D eigenvalue weighted by atomic mass is 14.9. The van der Waals surface area contributed by atoms with Crippen LogP contribution in [0.5, 0.6) is 0 Å². The number of hydrogen-bond acceptors (Lipinski definition) is 1. The first-order valence-corrected chi connectivity index (χ1v) is 3.75. The van der Waals surface area contributed by atoms with Gasteiger partial charge < -0.3 is 5.32 Å². The maximum Gasteiger partial charge on any atom is 0.0170 e. The molecule has 0 unspecified atom stereocenters. The average Bonchev–Trinajstić information content (AvgIpc) is 1.86. The van der Waals surface area contributed by atoms with E-state index in [2.05, 4.69) is 33.0 Å². The summed E-state index contributed by atoms with van der Waals surface area (Å²) in [6.07, 6.45) is 1.20. The highest BCUT2D eigenvalue weighted by Gasteiger charge is 2.22. The Labute approximate surface area is 58.8 Å². The molecule has 9 heavy (non-hydrogen) atoms. The van der Waals surface area contributed by atoms with Gasteiger partial charge in [-0.15, -0.1) is 0 Å². The first-order valence-electron chi connectivity index (χ1n) is 3.75. The summed E-state index contributed by atoms with van der Waals surface area (Å²) < 4.78 is 0. The fraction of sp³-hybridized carbons (Fsp3) is 1.00. The highest BCUT2D eigenvalue weighted by Crippen LogP contribution is 2.18. The molecule has 1 atom stereocenters. The van der Waals surface area contributed by atoms with Gasteiger partial charge in [-0.1, -0.05) is 20.8 Å². The first kappa shape index (κ1) is 8.96. The van der Waals surface area contributed by atoms with Crippen molar-refractivity contribution in [3.05, 3.63) is 0 Å². The van der Waals surface area contributed by atoms with Crippen LogP contribution in [-0.4, -0.2) is 12.6 Å². The van der Waals surface area contributed by atoms with Gasteiger partial charge in [0.2, 0.25) is 0 Å². The Morgan fingerprint density at radius 3 is 1.89 bits per heavy atom. The summed E-state index contributed by atoms with van der Waals surface area (Å²) in [7, 11) is 2.03. The van der Waals surface area contributed by atoms with Crippen LogP contribution in [0, 0.1) is 5.92 Å². The normalized spacial score (nSPS) is 18.0. The van der Waals surface area contributed by atoms with Gasteiger partial charge in [0.1, 0.15) is 0 Å². The van der Waals surface area contributed by atoms with E-state index in [4.69, 9.17) is 0 Å². The molecule has 0 aromatic rings. The lowest BCUT2D eigenvalue weighted by Crippen LogP contribution is -2.43. The second kappa shape index (κ2) is 3.21. The quantitative estimate of drug-likeness (QED) is 0.615. The smallest absolute Gasteiger partial charge is 0.0170 e. The van der Waals surface area contributed by atoms with Crippen LogP contribution >= 0.6 is 0 Å². The van der Waals surface area contributed by atoms with Crippen molar-refractivity contribution >= 4 is 0 Å². The summed E-state index contributed by atoms with van der Waals surface area (Å²) in [6, 6.07) is 0. The fourth-order valence-electron chi connectivity index (χ4n) is 0.874. The van der Waals surface area contributed by atoms with Gasteiger partial charge in [-0.05, 0) is 26.3 Å². The molecule has 0 aliphatic carbocycles. The molecule has 0 fully saturated rings. The molecule has 0 saturated carbocycles. The van der Waals surface area contributed by atoms with E-state index in [-0.39, 0.29) is 0 Å². The van der Waals surface area contributed by atoms with E-state index in [0.29, 0.717) is 11.5 Å². The molecule has 0 aliphatic heterocycles. The van der Waals surface area contributed by atoms with Gasteiger partial charge in [-0.3, -0.25) is 0 Å². The van der Waals surface area contributed by atoms with Crippen LogP contribution in [0.15, 0.2) is 0 Å². The largest absolute Gasteiger partial charge is 0.314 e. The van der Waals surface area contributed by atoms with Crippen molar-refractivity contribution in [3.63, 3.8) is 0 Å². The van der Waals surface area contributed by atoms with Gasteiger partial charge in [-0.2, -0.15) is 0 Å². The minimum absolute atomic E-state index is 0.333. The lowest BCUT2D eigenvalue weighted by molar-refractivity contribution is 0.270. The molecule has 0 rings (SSSR count). The molecule has 0 bridgehead atoms. The number of hydrogen-bond donors (Lipinski definition) is 1. The maximum atomic E-state index is 3.33. The van der Waals surface area contributed by atoms with Crippen LogP contribution in [0.3, 0.4) is 0 Å². The van der Waals surface area contributed by atoms with Crippen LogP contribution in [-0.2, 0) is 0 Å². The Hall–Kier alpha value is -0.0400. The second-order valence-electron chi connectivity index (χ2n) is 3.18. The van der Waals surface area contributed by atoms with E-state index in [9.17, 15) is 0 Å². The van der Waals surface area contributed by atoms with Crippen molar-refractivity contribution in [1.29, 1.82) is 0 Å². The van der Waals surface area contributed by atoms with Gasteiger partial charge in [0, 0.05) is 5.54 Å². The minimum Gasteiger partial charge on any atom is -0.314 e. The third kappa shape index (κ3) is 1.98.